The van der Waals surface area contributed by atoms with Gasteiger partial charge in [-0.1, -0.05) is 64.7 Å². The lowest BCUT2D eigenvalue weighted by Gasteiger charge is -2.11. The molecule has 0 aromatic carbocycles. The second kappa shape index (κ2) is 17.9. The maximum atomic E-state index is 9.46. The fourth-order valence-electron chi connectivity index (χ4n) is 2.32. The summed E-state index contributed by atoms with van der Waals surface area (Å²) in [6, 6.07) is 0. The lowest BCUT2D eigenvalue weighted by molar-refractivity contribution is 0.0614. The molecule has 0 aliphatic heterocycles. The smallest absolute Gasteiger partial charge is 0.107 e. The number of hydrogen-bond acceptors (Lipinski definition) is 4. The third kappa shape index (κ3) is 17.8. The molecule has 0 radical (unpaired) electrons. The van der Waals surface area contributed by atoms with Gasteiger partial charge in [0, 0.05) is 19.6 Å². The van der Waals surface area contributed by atoms with Crippen LogP contribution in [0.3, 0.4) is 0 Å². The summed E-state index contributed by atoms with van der Waals surface area (Å²) in [5, 5.41) is 20.9. The van der Waals surface area contributed by atoms with Crippen LogP contribution in [0.1, 0.15) is 77.6 Å². The summed E-state index contributed by atoms with van der Waals surface area (Å²) in [7, 11) is 0. The Morgan fingerprint density at radius 1 is 0.857 bits per heavy atom. The van der Waals surface area contributed by atoms with Crippen LogP contribution in [0.5, 0.6) is 0 Å². The molecule has 0 aromatic rings. The number of nitrogens with one attached hydrogen (secondary N) is 1. The van der Waals surface area contributed by atoms with Crippen molar-refractivity contribution in [1.82, 2.24) is 5.32 Å². The van der Waals surface area contributed by atoms with E-state index in [1.807, 2.05) is 0 Å². The quantitative estimate of drug-likeness (QED) is 0.285. The number of aliphatic hydroxyl groups is 2. The summed E-state index contributed by atoms with van der Waals surface area (Å²) in [5.41, 5.74) is 0. The van der Waals surface area contributed by atoms with Crippen LogP contribution in [0, 0.1) is 0 Å². The maximum Gasteiger partial charge on any atom is 0.107 e. The molecule has 1 atom stereocenters. The monoisotopic (exact) mass is 303 g/mol. The van der Waals surface area contributed by atoms with Crippen LogP contribution in [0.4, 0.5) is 0 Å². The fraction of sp³-hybridized carbons (Fsp3) is 1.00. The largest absolute Gasteiger partial charge is 0.395 e. The molecule has 21 heavy (non-hydrogen) atoms. The Kier molecular flexibility index (Phi) is 17.8. The summed E-state index contributed by atoms with van der Waals surface area (Å²) in [6.07, 6.45) is 13.4. The third-order valence-electron chi connectivity index (χ3n) is 3.67. The van der Waals surface area contributed by atoms with Gasteiger partial charge < -0.3 is 14.9 Å². The molecule has 0 amide bonds. The Labute approximate surface area is 131 Å². The van der Waals surface area contributed by atoms with Crippen molar-refractivity contribution < 1.29 is 14.9 Å². The summed E-state index contributed by atoms with van der Waals surface area (Å²) in [5.74, 6) is 0. The molecule has 0 aliphatic rings. The zero-order valence-electron chi connectivity index (χ0n) is 14.0. The van der Waals surface area contributed by atoms with Gasteiger partial charge >= 0.3 is 0 Å². The van der Waals surface area contributed by atoms with Crippen molar-refractivity contribution in [2.45, 2.75) is 83.8 Å². The molecule has 4 nitrogen and oxygen atoms in total. The molecule has 1 unspecified atom stereocenters. The van der Waals surface area contributed by atoms with Gasteiger partial charge in [-0.15, -0.1) is 0 Å². The molecule has 0 saturated carbocycles. The van der Waals surface area contributed by atoms with Crippen LogP contribution in [0.15, 0.2) is 0 Å². The van der Waals surface area contributed by atoms with E-state index in [2.05, 4.69) is 12.2 Å². The van der Waals surface area contributed by atoms with E-state index in [4.69, 9.17) is 9.84 Å². The lowest BCUT2D eigenvalue weighted by atomic mass is 10.1. The second-order valence-electron chi connectivity index (χ2n) is 5.78. The van der Waals surface area contributed by atoms with Crippen LogP contribution < -0.4 is 5.32 Å². The molecule has 0 aromatic heterocycles. The number of ether oxygens (including phenoxy) is 1. The van der Waals surface area contributed by atoms with Gasteiger partial charge in [0.2, 0.25) is 0 Å². The van der Waals surface area contributed by atoms with Gasteiger partial charge in [0.25, 0.3) is 0 Å². The first-order valence-electron chi connectivity index (χ1n) is 8.91. The molecule has 3 N–H and O–H groups in total. The summed E-state index contributed by atoms with van der Waals surface area (Å²) in [6.45, 7) is 4.12. The summed E-state index contributed by atoms with van der Waals surface area (Å²) >= 11 is 0. The molecule has 0 aliphatic carbocycles. The van der Waals surface area contributed by atoms with Gasteiger partial charge in [-0.05, 0) is 6.42 Å². The van der Waals surface area contributed by atoms with Crippen LogP contribution in [0.2, 0.25) is 0 Å². The highest BCUT2D eigenvalue weighted by molar-refractivity contribution is 4.52. The van der Waals surface area contributed by atoms with Crippen LogP contribution >= 0.6 is 0 Å². The minimum absolute atomic E-state index is 0.0521. The number of unbranched alkanes of at least 4 members (excludes halogenated alkanes) is 9. The van der Waals surface area contributed by atoms with Crippen LogP contribution in [0.25, 0.3) is 0 Å². The molecule has 0 spiro atoms. The molecule has 0 bridgehead atoms. The number of rotatable bonds is 17. The Morgan fingerprint density at radius 2 is 1.43 bits per heavy atom. The average molecular weight is 303 g/mol. The van der Waals surface area contributed by atoms with Gasteiger partial charge in [-0.3, -0.25) is 5.32 Å². The van der Waals surface area contributed by atoms with Crippen LogP contribution in [-0.2, 0) is 4.74 Å². The zero-order chi connectivity index (χ0) is 15.6. The molecule has 0 fully saturated rings. The molecule has 128 valence electrons. The van der Waals surface area contributed by atoms with E-state index in [0.29, 0.717) is 19.6 Å². The first-order valence-corrected chi connectivity index (χ1v) is 8.91. The highest BCUT2D eigenvalue weighted by Crippen LogP contribution is 2.10. The minimum Gasteiger partial charge on any atom is -0.395 e. The molecule has 0 heterocycles. The Hall–Kier alpha value is -0.160. The zero-order valence-corrected chi connectivity index (χ0v) is 14.0. The standard InChI is InChI=1S/C17H37NO3/c1-2-3-4-5-6-7-8-9-10-11-15-21-16-12-17(20)18-13-14-19/h17-20H,2-16H2,1H3. The van der Waals surface area contributed by atoms with Crippen molar-refractivity contribution in [2.24, 2.45) is 0 Å². The highest BCUT2D eigenvalue weighted by Gasteiger charge is 2.01. The highest BCUT2D eigenvalue weighted by atomic mass is 16.5. The van der Waals surface area contributed by atoms with Crippen molar-refractivity contribution in [2.75, 3.05) is 26.4 Å². The SMILES string of the molecule is CCCCCCCCCCCCOCCC(O)NCCO. The Balaban J connectivity index is 3.02. The van der Waals surface area contributed by atoms with Crippen molar-refractivity contribution in [3.8, 4) is 0 Å². The van der Waals surface area contributed by atoms with Gasteiger partial charge in [-0.25, -0.2) is 0 Å². The van der Waals surface area contributed by atoms with E-state index >= 15 is 0 Å². The van der Waals surface area contributed by atoms with Crippen LogP contribution in [-0.4, -0.2) is 42.8 Å². The summed E-state index contributed by atoms with van der Waals surface area (Å²) < 4.78 is 5.49. The Bertz CT molecular complexity index is 191. The predicted molar refractivity (Wildman–Crippen MR) is 88.4 cm³/mol. The normalized spacial score (nSPS) is 12.7. The predicted octanol–water partition coefficient (Wildman–Crippen LogP) is 3.21. The number of aliphatic hydroxyl groups excluding tert-OH is 2. The van der Waals surface area contributed by atoms with E-state index in [1.54, 1.807) is 0 Å². The van der Waals surface area contributed by atoms with Crippen molar-refractivity contribution in [3.05, 3.63) is 0 Å². The fourth-order valence-corrected chi connectivity index (χ4v) is 2.32. The van der Waals surface area contributed by atoms with E-state index in [-0.39, 0.29) is 6.61 Å². The first kappa shape index (κ1) is 20.8. The molecule has 4 heteroatoms. The first-order chi connectivity index (χ1) is 10.3. The average Bonchev–Trinajstić information content (AvgIpc) is 2.49. The molecular formula is C17H37NO3. The molecule has 0 saturated heterocycles. The van der Waals surface area contributed by atoms with Crippen molar-refractivity contribution >= 4 is 0 Å². The van der Waals surface area contributed by atoms with E-state index in [9.17, 15) is 5.11 Å². The molecule has 0 rings (SSSR count). The van der Waals surface area contributed by atoms with E-state index in [1.165, 1.54) is 57.8 Å². The van der Waals surface area contributed by atoms with E-state index < -0.39 is 6.23 Å². The van der Waals surface area contributed by atoms with Crippen molar-refractivity contribution in [3.63, 3.8) is 0 Å². The Morgan fingerprint density at radius 3 is 2.00 bits per heavy atom. The van der Waals surface area contributed by atoms with Gasteiger partial charge in [0.05, 0.1) is 13.2 Å². The maximum absolute atomic E-state index is 9.46. The number of hydrogen-bond donors (Lipinski definition) is 3. The lowest BCUT2D eigenvalue weighted by Crippen LogP contribution is -2.32. The van der Waals surface area contributed by atoms with Crippen molar-refractivity contribution in [1.29, 1.82) is 0 Å². The molecular weight excluding hydrogens is 266 g/mol. The van der Waals surface area contributed by atoms with E-state index in [0.717, 1.165) is 13.0 Å². The second-order valence-corrected chi connectivity index (χ2v) is 5.78. The van der Waals surface area contributed by atoms with Gasteiger partial charge in [0.1, 0.15) is 6.23 Å². The van der Waals surface area contributed by atoms with Gasteiger partial charge in [-0.2, -0.15) is 0 Å². The van der Waals surface area contributed by atoms with Gasteiger partial charge in [0.15, 0.2) is 0 Å². The topological polar surface area (TPSA) is 61.7 Å². The third-order valence-corrected chi connectivity index (χ3v) is 3.67. The minimum atomic E-state index is -0.565. The summed E-state index contributed by atoms with van der Waals surface area (Å²) in [4.78, 5) is 0.